The van der Waals surface area contributed by atoms with E-state index in [4.69, 9.17) is 0 Å². The van der Waals surface area contributed by atoms with Crippen LogP contribution in [0.3, 0.4) is 0 Å². The molecule has 1 aliphatic carbocycles. The number of rotatable bonds is 5. The SMILES string of the molecule is CC(C)(C)CC(CO)CNC1CCC1. The van der Waals surface area contributed by atoms with E-state index in [1.165, 1.54) is 19.3 Å². The zero-order valence-electron chi connectivity index (χ0n) is 9.84. The summed E-state index contributed by atoms with van der Waals surface area (Å²) >= 11 is 0. The molecule has 0 aliphatic heterocycles. The van der Waals surface area contributed by atoms with Gasteiger partial charge in [0.15, 0.2) is 0 Å². The van der Waals surface area contributed by atoms with Gasteiger partial charge in [-0.05, 0) is 30.6 Å². The Hall–Kier alpha value is -0.0800. The molecule has 0 heterocycles. The zero-order valence-corrected chi connectivity index (χ0v) is 9.84. The van der Waals surface area contributed by atoms with Crippen molar-refractivity contribution in [2.75, 3.05) is 13.2 Å². The van der Waals surface area contributed by atoms with Crippen LogP contribution in [0.15, 0.2) is 0 Å². The van der Waals surface area contributed by atoms with Crippen LogP contribution in [0.1, 0.15) is 46.5 Å². The number of nitrogens with one attached hydrogen (secondary N) is 1. The highest BCUT2D eigenvalue weighted by molar-refractivity contribution is 4.78. The van der Waals surface area contributed by atoms with E-state index in [1.807, 2.05) is 0 Å². The molecule has 0 spiro atoms. The second kappa shape index (κ2) is 5.13. The van der Waals surface area contributed by atoms with Crippen molar-refractivity contribution in [2.45, 2.75) is 52.5 Å². The van der Waals surface area contributed by atoms with Gasteiger partial charge in [-0.25, -0.2) is 0 Å². The van der Waals surface area contributed by atoms with Gasteiger partial charge < -0.3 is 10.4 Å². The summed E-state index contributed by atoms with van der Waals surface area (Å²) in [6, 6.07) is 0.740. The van der Waals surface area contributed by atoms with Gasteiger partial charge in [0.2, 0.25) is 0 Å². The minimum absolute atomic E-state index is 0.316. The Morgan fingerprint density at radius 2 is 2.00 bits per heavy atom. The predicted octanol–water partition coefficient (Wildman–Crippen LogP) is 2.17. The van der Waals surface area contributed by atoms with Crippen LogP contribution in [0.25, 0.3) is 0 Å². The maximum atomic E-state index is 9.25. The molecule has 0 aromatic rings. The largest absolute Gasteiger partial charge is 0.396 e. The van der Waals surface area contributed by atoms with E-state index in [1.54, 1.807) is 0 Å². The Balaban J connectivity index is 2.16. The standard InChI is InChI=1S/C12H25NO/c1-12(2,3)7-10(9-14)8-13-11-5-4-6-11/h10-11,13-14H,4-9H2,1-3H3. The molecule has 0 amide bonds. The van der Waals surface area contributed by atoms with Gasteiger partial charge in [0, 0.05) is 19.2 Å². The monoisotopic (exact) mass is 199 g/mol. The van der Waals surface area contributed by atoms with E-state index in [0.717, 1.165) is 19.0 Å². The van der Waals surface area contributed by atoms with Crippen molar-refractivity contribution < 1.29 is 5.11 Å². The molecule has 0 aromatic heterocycles. The number of hydrogen-bond donors (Lipinski definition) is 2. The first kappa shape index (κ1) is 12.0. The second-order valence-electron chi connectivity index (χ2n) is 5.85. The molecule has 1 rings (SSSR count). The molecule has 1 atom stereocenters. The molecule has 2 nitrogen and oxygen atoms in total. The Labute approximate surface area is 88.1 Å². The smallest absolute Gasteiger partial charge is 0.0471 e. The second-order valence-corrected chi connectivity index (χ2v) is 5.85. The Morgan fingerprint density at radius 1 is 1.36 bits per heavy atom. The van der Waals surface area contributed by atoms with Gasteiger partial charge in [0.05, 0.1) is 0 Å². The van der Waals surface area contributed by atoms with E-state index < -0.39 is 0 Å². The van der Waals surface area contributed by atoms with Crippen molar-refractivity contribution in [1.29, 1.82) is 0 Å². The van der Waals surface area contributed by atoms with Crippen LogP contribution in [0.2, 0.25) is 0 Å². The third-order valence-electron chi connectivity index (χ3n) is 2.96. The van der Waals surface area contributed by atoms with Gasteiger partial charge >= 0.3 is 0 Å². The van der Waals surface area contributed by atoms with Gasteiger partial charge in [0.1, 0.15) is 0 Å². The normalized spacial score (nSPS) is 20.6. The topological polar surface area (TPSA) is 32.3 Å². The van der Waals surface area contributed by atoms with Crippen molar-refractivity contribution in [2.24, 2.45) is 11.3 Å². The highest BCUT2D eigenvalue weighted by Crippen LogP contribution is 2.24. The lowest BCUT2D eigenvalue weighted by Gasteiger charge is -2.30. The summed E-state index contributed by atoms with van der Waals surface area (Å²) in [6.07, 6.45) is 5.13. The maximum Gasteiger partial charge on any atom is 0.0471 e. The van der Waals surface area contributed by atoms with E-state index in [-0.39, 0.29) is 0 Å². The molecule has 1 fully saturated rings. The zero-order chi connectivity index (χ0) is 10.6. The van der Waals surface area contributed by atoms with Crippen molar-refractivity contribution in [3.05, 3.63) is 0 Å². The lowest BCUT2D eigenvalue weighted by atomic mass is 9.84. The number of aliphatic hydroxyl groups is 1. The summed E-state index contributed by atoms with van der Waals surface area (Å²) in [7, 11) is 0. The summed E-state index contributed by atoms with van der Waals surface area (Å²) in [5.74, 6) is 0.426. The van der Waals surface area contributed by atoms with Gasteiger partial charge in [-0.3, -0.25) is 0 Å². The molecule has 14 heavy (non-hydrogen) atoms. The van der Waals surface area contributed by atoms with Crippen LogP contribution in [-0.4, -0.2) is 24.3 Å². The Bertz CT molecular complexity index is 158. The van der Waals surface area contributed by atoms with Gasteiger partial charge in [-0.1, -0.05) is 27.2 Å². The molecule has 2 N–H and O–H groups in total. The summed E-state index contributed by atoms with van der Waals surface area (Å²) in [4.78, 5) is 0. The fourth-order valence-electron chi connectivity index (χ4n) is 2.01. The van der Waals surface area contributed by atoms with Gasteiger partial charge in [-0.15, -0.1) is 0 Å². The molecule has 84 valence electrons. The van der Waals surface area contributed by atoms with Crippen LogP contribution in [-0.2, 0) is 0 Å². The van der Waals surface area contributed by atoms with Crippen LogP contribution in [0.4, 0.5) is 0 Å². The van der Waals surface area contributed by atoms with Crippen LogP contribution in [0, 0.1) is 11.3 Å². The lowest BCUT2D eigenvalue weighted by Crippen LogP contribution is -2.39. The Morgan fingerprint density at radius 3 is 2.36 bits per heavy atom. The van der Waals surface area contributed by atoms with E-state index in [9.17, 15) is 5.11 Å². The first-order valence-electron chi connectivity index (χ1n) is 5.85. The van der Waals surface area contributed by atoms with Gasteiger partial charge in [0.25, 0.3) is 0 Å². The fourth-order valence-corrected chi connectivity index (χ4v) is 2.01. The quantitative estimate of drug-likeness (QED) is 0.711. The summed E-state index contributed by atoms with van der Waals surface area (Å²) in [6.45, 7) is 8.01. The Kier molecular flexibility index (Phi) is 4.39. The maximum absolute atomic E-state index is 9.25. The van der Waals surface area contributed by atoms with E-state index in [2.05, 4.69) is 26.1 Å². The van der Waals surface area contributed by atoms with Crippen molar-refractivity contribution in [1.82, 2.24) is 5.32 Å². The summed E-state index contributed by atoms with van der Waals surface area (Å²) in [5.41, 5.74) is 0.328. The third kappa shape index (κ3) is 4.43. The molecule has 1 aliphatic rings. The molecule has 1 saturated carbocycles. The van der Waals surface area contributed by atoms with E-state index >= 15 is 0 Å². The predicted molar refractivity (Wildman–Crippen MR) is 60.3 cm³/mol. The molecule has 0 aromatic carbocycles. The molecule has 2 heteroatoms. The number of aliphatic hydroxyl groups excluding tert-OH is 1. The molecular formula is C12H25NO. The minimum atomic E-state index is 0.316. The highest BCUT2D eigenvalue weighted by Gasteiger charge is 2.21. The molecule has 0 saturated heterocycles. The molecular weight excluding hydrogens is 174 g/mol. The number of hydrogen-bond acceptors (Lipinski definition) is 2. The minimum Gasteiger partial charge on any atom is -0.396 e. The average Bonchev–Trinajstić information content (AvgIpc) is 1.97. The van der Waals surface area contributed by atoms with Crippen LogP contribution in [0.5, 0.6) is 0 Å². The molecule has 0 radical (unpaired) electrons. The average molecular weight is 199 g/mol. The molecule has 0 bridgehead atoms. The summed E-state index contributed by atoms with van der Waals surface area (Å²) < 4.78 is 0. The summed E-state index contributed by atoms with van der Waals surface area (Å²) in [5, 5.41) is 12.8. The van der Waals surface area contributed by atoms with Gasteiger partial charge in [-0.2, -0.15) is 0 Å². The van der Waals surface area contributed by atoms with Crippen molar-refractivity contribution in [3.8, 4) is 0 Å². The lowest BCUT2D eigenvalue weighted by molar-refractivity contribution is 0.167. The van der Waals surface area contributed by atoms with Crippen molar-refractivity contribution >= 4 is 0 Å². The van der Waals surface area contributed by atoms with Crippen LogP contribution < -0.4 is 5.32 Å². The van der Waals surface area contributed by atoms with Crippen LogP contribution >= 0.6 is 0 Å². The highest BCUT2D eigenvalue weighted by atomic mass is 16.3. The fraction of sp³-hybridized carbons (Fsp3) is 1.00. The van der Waals surface area contributed by atoms with Crippen molar-refractivity contribution in [3.63, 3.8) is 0 Å². The third-order valence-corrected chi connectivity index (χ3v) is 2.96. The molecule has 1 unspecified atom stereocenters. The van der Waals surface area contributed by atoms with E-state index in [0.29, 0.717) is 17.9 Å². The first-order valence-corrected chi connectivity index (χ1v) is 5.85. The first-order chi connectivity index (χ1) is 6.51.